The lowest BCUT2D eigenvalue weighted by molar-refractivity contribution is 0.0224. The van der Waals surface area contributed by atoms with Gasteiger partial charge in [-0.3, -0.25) is 16.2 Å². The van der Waals surface area contributed by atoms with Crippen LogP contribution in [0, 0.1) is 5.92 Å². The fourth-order valence-electron chi connectivity index (χ4n) is 2.58. The lowest BCUT2D eigenvalue weighted by Crippen LogP contribution is -2.62. The molecule has 3 N–H and O–H groups in total. The van der Waals surface area contributed by atoms with Crippen molar-refractivity contribution >= 4 is 0 Å². The van der Waals surface area contributed by atoms with Crippen molar-refractivity contribution in [1.29, 1.82) is 0 Å². The van der Waals surface area contributed by atoms with Crippen molar-refractivity contribution in [2.75, 3.05) is 13.1 Å². The summed E-state index contributed by atoms with van der Waals surface area (Å²) in [6.45, 7) is 4.84. The molecule has 0 aromatic carbocycles. The maximum absolute atomic E-state index is 5.50. The smallest absolute Gasteiger partial charge is 0.0392 e. The zero-order valence-corrected chi connectivity index (χ0v) is 7.09. The molecule has 2 unspecified atom stereocenters. The first kappa shape index (κ1) is 7.53. The molecule has 3 fully saturated rings. The Morgan fingerprint density at radius 3 is 2.36 bits per heavy atom. The Morgan fingerprint density at radius 2 is 2.00 bits per heavy atom. The van der Waals surface area contributed by atoms with Crippen LogP contribution >= 0.6 is 0 Å². The van der Waals surface area contributed by atoms with Gasteiger partial charge in [0.2, 0.25) is 0 Å². The number of hydrogen-bond donors (Lipinski definition) is 2. The molecule has 2 atom stereocenters. The van der Waals surface area contributed by atoms with E-state index in [0.717, 1.165) is 5.92 Å². The van der Waals surface area contributed by atoms with E-state index in [1.165, 1.54) is 25.9 Å². The second kappa shape index (κ2) is 2.73. The number of nitrogens with zero attached hydrogens (tertiary/aromatic N) is 1. The monoisotopic (exact) mass is 155 g/mol. The van der Waals surface area contributed by atoms with Crippen LogP contribution in [0.3, 0.4) is 0 Å². The average Bonchev–Trinajstić information content (AvgIpc) is 2.06. The first-order valence-electron chi connectivity index (χ1n) is 4.53. The topological polar surface area (TPSA) is 41.3 Å². The molecule has 64 valence electrons. The van der Waals surface area contributed by atoms with Crippen LogP contribution in [-0.2, 0) is 0 Å². The van der Waals surface area contributed by atoms with Crippen LogP contribution in [0.2, 0.25) is 0 Å². The Labute approximate surface area is 67.9 Å². The molecule has 3 heteroatoms. The van der Waals surface area contributed by atoms with Gasteiger partial charge in [-0.15, -0.1) is 0 Å². The molecule has 2 bridgehead atoms. The number of rotatable bonds is 1. The van der Waals surface area contributed by atoms with Crippen LogP contribution in [-0.4, -0.2) is 30.1 Å². The number of fused-ring (bicyclic) bond motifs is 3. The van der Waals surface area contributed by atoms with Gasteiger partial charge in [0, 0.05) is 12.1 Å². The van der Waals surface area contributed by atoms with Crippen LogP contribution in [0.4, 0.5) is 0 Å². The van der Waals surface area contributed by atoms with E-state index in [0.29, 0.717) is 12.1 Å². The second-order valence-electron chi connectivity index (χ2n) is 3.81. The lowest BCUT2D eigenvalue weighted by Gasteiger charge is -2.49. The molecular formula is C8H17N3. The zero-order valence-electron chi connectivity index (χ0n) is 7.09. The van der Waals surface area contributed by atoms with E-state index >= 15 is 0 Å². The predicted molar refractivity (Wildman–Crippen MR) is 44.9 cm³/mol. The third-order valence-corrected chi connectivity index (χ3v) is 3.37. The van der Waals surface area contributed by atoms with Crippen LogP contribution in [0.1, 0.15) is 19.8 Å². The molecule has 3 saturated heterocycles. The van der Waals surface area contributed by atoms with Gasteiger partial charge in [0.25, 0.3) is 0 Å². The van der Waals surface area contributed by atoms with Gasteiger partial charge in [-0.25, -0.2) is 0 Å². The van der Waals surface area contributed by atoms with Gasteiger partial charge in [0.1, 0.15) is 0 Å². The average molecular weight is 155 g/mol. The Balaban J connectivity index is 2.10. The molecular weight excluding hydrogens is 138 g/mol. The van der Waals surface area contributed by atoms with Gasteiger partial charge in [0.15, 0.2) is 0 Å². The minimum absolute atomic E-state index is 0.539. The highest BCUT2D eigenvalue weighted by molar-refractivity contribution is 4.95. The predicted octanol–water partition coefficient (Wildman–Crippen LogP) is -0.0676. The third-order valence-electron chi connectivity index (χ3n) is 3.37. The fraction of sp³-hybridized carbons (Fsp3) is 1.00. The SMILES string of the molecule is CC1C(NN)C2CCN1CC2. The molecule has 0 aliphatic carbocycles. The van der Waals surface area contributed by atoms with Crippen molar-refractivity contribution in [3.05, 3.63) is 0 Å². The van der Waals surface area contributed by atoms with Crippen molar-refractivity contribution < 1.29 is 0 Å². The number of piperidine rings is 3. The molecule has 0 spiro atoms. The quantitative estimate of drug-likeness (QED) is 0.411. The fourth-order valence-corrected chi connectivity index (χ4v) is 2.58. The van der Waals surface area contributed by atoms with Crippen molar-refractivity contribution in [3.63, 3.8) is 0 Å². The molecule has 0 amide bonds. The van der Waals surface area contributed by atoms with Crippen molar-refractivity contribution in [1.82, 2.24) is 10.3 Å². The van der Waals surface area contributed by atoms with E-state index in [1.54, 1.807) is 0 Å². The van der Waals surface area contributed by atoms with Crippen LogP contribution in [0.25, 0.3) is 0 Å². The zero-order chi connectivity index (χ0) is 7.84. The van der Waals surface area contributed by atoms with Gasteiger partial charge in [-0.05, 0) is 38.8 Å². The van der Waals surface area contributed by atoms with E-state index in [9.17, 15) is 0 Å². The largest absolute Gasteiger partial charge is 0.299 e. The Bertz CT molecular complexity index is 138. The van der Waals surface area contributed by atoms with Crippen molar-refractivity contribution in [2.45, 2.75) is 31.8 Å². The maximum atomic E-state index is 5.50. The third kappa shape index (κ3) is 1.08. The van der Waals surface area contributed by atoms with Crippen LogP contribution in [0.5, 0.6) is 0 Å². The van der Waals surface area contributed by atoms with Crippen molar-refractivity contribution in [2.24, 2.45) is 11.8 Å². The summed E-state index contributed by atoms with van der Waals surface area (Å²) in [5, 5.41) is 0. The molecule has 3 rings (SSSR count). The summed E-state index contributed by atoms with van der Waals surface area (Å²) in [6.07, 6.45) is 2.67. The van der Waals surface area contributed by atoms with E-state index in [-0.39, 0.29) is 0 Å². The Morgan fingerprint density at radius 1 is 1.36 bits per heavy atom. The molecule has 3 aliphatic heterocycles. The standard InChI is InChI=1S/C8H17N3/c1-6-8(10-9)7-2-4-11(6)5-3-7/h6-8,10H,2-5,9H2,1H3. The van der Waals surface area contributed by atoms with Gasteiger partial charge >= 0.3 is 0 Å². The maximum Gasteiger partial charge on any atom is 0.0392 e. The summed E-state index contributed by atoms with van der Waals surface area (Å²) in [5.41, 5.74) is 2.94. The first-order valence-corrected chi connectivity index (χ1v) is 4.53. The van der Waals surface area contributed by atoms with Gasteiger partial charge in [0.05, 0.1) is 0 Å². The van der Waals surface area contributed by atoms with Crippen LogP contribution < -0.4 is 11.3 Å². The summed E-state index contributed by atoms with van der Waals surface area (Å²) in [6, 6.07) is 1.19. The lowest BCUT2D eigenvalue weighted by atomic mass is 9.80. The minimum Gasteiger partial charge on any atom is -0.299 e. The summed E-state index contributed by atoms with van der Waals surface area (Å²) in [7, 11) is 0. The molecule has 11 heavy (non-hydrogen) atoms. The van der Waals surface area contributed by atoms with E-state index in [2.05, 4.69) is 17.2 Å². The molecule has 3 nitrogen and oxygen atoms in total. The van der Waals surface area contributed by atoms with Gasteiger partial charge in [-0.2, -0.15) is 0 Å². The second-order valence-corrected chi connectivity index (χ2v) is 3.81. The van der Waals surface area contributed by atoms with E-state index in [4.69, 9.17) is 5.84 Å². The van der Waals surface area contributed by atoms with Crippen LogP contribution in [0.15, 0.2) is 0 Å². The van der Waals surface area contributed by atoms with Gasteiger partial charge < -0.3 is 0 Å². The molecule has 3 aliphatic rings. The normalized spacial score (nSPS) is 49.6. The highest BCUT2D eigenvalue weighted by Gasteiger charge is 2.38. The minimum atomic E-state index is 0.539. The summed E-state index contributed by atoms with van der Waals surface area (Å²) >= 11 is 0. The van der Waals surface area contributed by atoms with E-state index in [1.807, 2.05) is 0 Å². The van der Waals surface area contributed by atoms with Crippen molar-refractivity contribution in [3.8, 4) is 0 Å². The number of nitrogens with one attached hydrogen (secondary N) is 1. The summed E-state index contributed by atoms with van der Waals surface area (Å²) in [4.78, 5) is 2.53. The summed E-state index contributed by atoms with van der Waals surface area (Å²) < 4.78 is 0. The molecule has 3 heterocycles. The van der Waals surface area contributed by atoms with E-state index < -0.39 is 0 Å². The van der Waals surface area contributed by atoms with Gasteiger partial charge in [-0.1, -0.05) is 0 Å². The number of hydrogen-bond acceptors (Lipinski definition) is 3. The molecule has 0 aromatic rings. The molecule has 0 saturated carbocycles. The molecule has 0 radical (unpaired) electrons. The Hall–Kier alpha value is -0.120. The molecule has 0 aromatic heterocycles. The number of nitrogens with two attached hydrogens (primary N) is 1. The highest BCUT2D eigenvalue weighted by Crippen LogP contribution is 2.31. The summed E-state index contributed by atoms with van der Waals surface area (Å²) in [5.74, 6) is 6.34. The first-order chi connectivity index (χ1) is 5.33. The number of hydrazine groups is 1. The highest BCUT2D eigenvalue weighted by atomic mass is 15.3. The Kier molecular flexibility index (Phi) is 1.87.